The lowest BCUT2D eigenvalue weighted by molar-refractivity contribution is 0.0292. The molecule has 1 amide bonds. The van der Waals surface area contributed by atoms with Gasteiger partial charge in [0.15, 0.2) is 0 Å². The van der Waals surface area contributed by atoms with Gasteiger partial charge in [-0.05, 0) is 85.1 Å². The van der Waals surface area contributed by atoms with Gasteiger partial charge in [0, 0.05) is 30.9 Å². The summed E-state index contributed by atoms with van der Waals surface area (Å²) in [7, 11) is 0. The van der Waals surface area contributed by atoms with Crippen LogP contribution in [0.4, 0.5) is 4.79 Å². The Bertz CT molecular complexity index is 1170. The Kier molecular flexibility index (Phi) is 6.48. The minimum absolute atomic E-state index is 0.126. The van der Waals surface area contributed by atoms with E-state index in [9.17, 15) is 10.1 Å². The van der Waals surface area contributed by atoms with Gasteiger partial charge in [-0.25, -0.2) is 4.79 Å². The Morgan fingerprint density at radius 3 is 2.39 bits per heavy atom. The number of benzene rings is 2. The standard InChI is InChI=1S/C26H26BrN3O3/c1-26(2,3)33-25(31)29-14-13-18(16-29)22-17-30(23(15-28)24(22)27)19-9-11-21(12-10-19)32-20-7-5-4-6-8-20/h4-12,17-18H,13-14,16H2,1-3H3. The lowest BCUT2D eigenvalue weighted by Gasteiger charge is -2.24. The number of nitriles is 1. The summed E-state index contributed by atoms with van der Waals surface area (Å²) >= 11 is 3.63. The third-order valence-electron chi connectivity index (χ3n) is 5.45. The number of amides is 1. The molecule has 0 N–H and O–H groups in total. The molecular formula is C26H26BrN3O3. The van der Waals surface area contributed by atoms with E-state index in [4.69, 9.17) is 9.47 Å². The van der Waals surface area contributed by atoms with Crippen LogP contribution in [0.3, 0.4) is 0 Å². The zero-order valence-electron chi connectivity index (χ0n) is 18.9. The largest absolute Gasteiger partial charge is 0.457 e. The topological polar surface area (TPSA) is 67.5 Å². The molecule has 1 unspecified atom stereocenters. The molecule has 1 fully saturated rings. The highest BCUT2D eigenvalue weighted by Crippen LogP contribution is 2.37. The second-order valence-corrected chi connectivity index (χ2v) is 9.84. The van der Waals surface area contributed by atoms with Crippen LogP contribution in [0.2, 0.25) is 0 Å². The van der Waals surface area contributed by atoms with Crippen LogP contribution < -0.4 is 4.74 Å². The van der Waals surface area contributed by atoms with Crippen LogP contribution in [-0.2, 0) is 4.74 Å². The van der Waals surface area contributed by atoms with Crippen molar-refractivity contribution in [2.75, 3.05) is 13.1 Å². The lowest BCUT2D eigenvalue weighted by atomic mass is 10.0. The normalized spacial score (nSPS) is 15.8. The number of nitrogens with zero attached hydrogens (tertiary/aromatic N) is 3. The van der Waals surface area contributed by atoms with E-state index in [1.54, 1.807) is 4.90 Å². The minimum Gasteiger partial charge on any atom is -0.457 e. The van der Waals surface area contributed by atoms with Crippen molar-refractivity contribution in [3.63, 3.8) is 0 Å². The average Bonchev–Trinajstić information content (AvgIpc) is 3.38. The second-order valence-electron chi connectivity index (χ2n) is 9.05. The Morgan fingerprint density at radius 1 is 1.09 bits per heavy atom. The fourth-order valence-electron chi connectivity index (χ4n) is 3.90. The van der Waals surface area contributed by atoms with Gasteiger partial charge in [0.25, 0.3) is 0 Å². The maximum Gasteiger partial charge on any atom is 0.410 e. The quantitative estimate of drug-likeness (QED) is 0.397. The molecule has 1 atom stereocenters. The van der Waals surface area contributed by atoms with E-state index in [0.29, 0.717) is 18.8 Å². The number of carbonyl (C=O) groups is 1. The Morgan fingerprint density at radius 2 is 1.76 bits per heavy atom. The molecule has 1 saturated heterocycles. The van der Waals surface area contributed by atoms with Crippen LogP contribution in [-0.4, -0.2) is 34.3 Å². The molecule has 0 radical (unpaired) electrons. The molecule has 2 heterocycles. The molecule has 1 aromatic heterocycles. The van der Waals surface area contributed by atoms with Crippen LogP contribution in [0.1, 0.15) is 44.4 Å². The van der Waals surface area contributed by atoms with Gasteiger partial charge in [-0.3, -0.25) is 0 Å². The summed E-state index contributed by atoms with van der Waals surface area (Å²) in [6.07, 6.45) is 2.50. The van der Waals surface area contributed by atoms with E-state index >= 15 is 0 Å². The summed E-state index contributed by atoms with van der Waals surface area (Å²) in [5, 5.41) is 9.82. The Balaban J connectivity index is 1.53. The molecule has 2 aromatic carbocycles. The van der Waals surface area contributed by atoms with Crippen LogP contribution in [0.15, 0.2) is 65.3 Å². The van der Waals surface area contributed by atoms with E-state index in [1.165, 1.54) is 0 Å². The summed E-state index contributed by atoms with van der Waals surface area (Å²) in [6, 6.07) is 19.5. The highest BCUT2D eigenvalue weighted by Gasteiger charge is 2.33. The number of para-hydroxylation sites is 1. The van der Waals surface area contributed by atoms with Crippen LogP contribution in [0.5, 0.6) is 11.5 Å². The molecular weight excluding hydrogens is 482 g/mol. The molecule has 0 saturated carbocycles. The predicted octanol–water partition coefficient (Wildman–Crippen LogP) is 6.63. The van der Waals surface area contributed by atoms with Crippen molar-refractivity contribution in [2.45, 2.75) is 38.7 Å². The monoisotopic (exact) mass is 507 g/mol. The van der Waals surface area contributed by atoms with Crippen LogP contribution in [0.25, 0.3) is 5.69 Å². The molecule has 6 nitrogen and oxygen atoms in total. The van der Waals surface area contributed by atoms with Crippen molar-refractivity contribution in [2.24, 2.45) is 0 Å². The molecule has 3 aromatic rings. The summed E-state index contributed by atoms with van der Waals surface area (Å²) < 4.78 is 14.0. The fourth-order valence-corrected chi connectivity index (χ4v) is 4.61. The number of likely N-dealkylation sites (tertiary alicyclic amines) is 1. The number of carbonyl (C=O) groups excluding carboxylic acids is 1. The molecule has 7 heteroatoms. The molecule has 0 spiro atoms. The van der Waals surface area contributed by atoms with E-state index in [2.05, 4.69) is 22.0 Å². The summed E-state index contributed by atoms with van der Waals surface area (Å²) in [5.41, 5.74) is 1.88. The smallest absolute Gasteiger partial charge is 0.410 e. The minimum atomic E-state index is -0.524. The van der Waals surface area contributed by atoms with Crippen LogP contribution in [0, 0.1) is 11.3 Å². The zero-order valence-corrected chi connectivity index (χ0v) is 20.5. The first-order valence-electron chi connectivity index (χ1n) is 10.9. The molecule has 1 aliphatic heterocycles. The van der Waals surface area contributed by atoms with E-state index in [-0.39, 0.29) is 12.0 Å². The third kappa shape index (κ3) is 5.23. The lowest BCUT2D eigenvalue weighted by Crippen LogP contribution is -2.35. The average molecular weight is 508 g/mol. The zero-order chi connectivity index (χ0) is 23.6. The fraction of sp³-hybridized carbons (Fsp3) is 0.308. The van der Waals surface area contributed by atoms with Gasteiger partial charge in [0.1, 0.15) is 28.9 Å². The van der Waals surface area contributed by atoms with Crippen molar-refractivity contribution < 1.29 is 14.3 Å². The van der Waals surface area contributed by atoms with E-state index in [0.717, 1.165) is 33.6 Å². The maximum absolute atomic E-state index is 12.5. The first-order chi connectivity index (χ1) is 15.7. The number of hydrogen-bond donors (Lipinski definition) is 0. The van der Waals surface area contributed by atoms with Crippen molar-refractivity contribution in [1.29, 1.82) is 5.26 Å². The third-order valence-corrected chi connectivity index (χ3v) is 6.28. The number of aromatic nitrogens is 1. The van der Waals surface area contributed by atoms with Gasteiger partial charge in [0.2, 0.25) is 0 Å². The Labute approximate surface area is 202 Å². The summed E-state index contributed by atoms with van der Waals surface area (Å²) in [5.74, 6) is 1.62. The number of halogens is 1. The number of rotatable bonds is 4. The molecule has 170 valence electrons. The Hall–Kier alpha value is -3.24. The number of hydrogen-bond acceptors (Lipinski definition) is 4. The van der Waals surface area contributed by atoms with Gasteiger partial charge in [-0.2, -0.15) is 5.26 Å². The van der Waals surface area contributed by atoms with E-state index < -0.39 is 5.60 Å². The molecule has 4 rings (SSSR count). The van der Waals surface area contributed by atoms with Crippen LogP contribution >= 0.6 is 15.9 Å². The molecule has 1 aliphatic rings. The molecule has 33 heavy (non-hydrogen) atoms. The first kappa shape index (κ1) is 22.9. The van der Waals surface area contributed by atoms with Crippen molar-refractivity contribution >= 4 is 22.0 Å². The predicted molar refractivity (Wildman–Crippen MR) is 130 cm³/mol. The van der Waals surface area contributed by atoms with E-state index in [1.807, 2.05) is 86.1 Å². The maximum atomic E-state index is 12.5. The SMILES string of the molecule is CC(C)(C)OC(=O)N1CCC(c2cn(-c3ccc(Oc4ccccc4)cc3)c(C#N)c2Br)C1. The van der Waals surface area contributed by atoms with Crippen molar-refractivity contribution in [3.05, 3.63) is 76.5 Å². The number of ether oxygens (including phenoxy) is 2. The van der Waals surface area contributed by atoms with Crippen molar-refractivity contribution in [1.82, 2.24) is 9.47 Å². The molecule has 0 aliphatic carbocycles. The summed E-state index contributed by atoms with van der Waals surface area (Å²) in [4.78, 5) is 14.2. The van der Waals surface area contributed by atoms with Crippen molar-refractivity contribution in [3.8, 4) is 23.3 Å². The van der Waals surface area contributed by atoms with Gasteiger partial charge < -0.3 is 18.9 Å². The van der Waals surface area contributed by atoms with Gasteiger partial charge >= 0.3 is 6.09 Å². The second kappa shape index (κ2) is 9.32. The first-order valence-corrected chi connectivity index (χ1v) is 11.7. The summed E-state index contributed by atoms with van der Waals surface area (Å²) in [6.45, 7) is 6.79. The molecule has 0 bridgehead atoms. The van der Waals surface area contributed by atoms with Gasteiger partial charge in [0.05, 0.1) is 4.47 Å². The van der Waals surface area contributed by atoms with Gasteiger partial charge in [-0.15, -0.1) is 0 Å². The van der Waals surface area contributed by atoms with Gasteiger partial charge in [-0.1, -0.05) is 18.2 Å². The highest BCUT2D eigenvalue weighted by atomic mass is 79.9. The highest BCUT2D eigenvalue weighted by molar-refractivity contribution is 9.10.